The van der Waals surface area contributed by atoms with Gasteiger partial charge in [-0.05, 0) is 18.2 Å². The van der Waals surface area contributed by atoms with Gasteiger partial charge >= 0.3 is 11.7 Å². The standard InChI is InChI=1S/C11H11N3O3S2/c1-14-10(17)12-13-11(14)18-6-8-3-2-7(19-8)4-5-9(15)16/h2-5H,6H2,1H3,(H,12,17)(H,15,16). The van der Waals surface area contributed by atoms with E-state index in [9.17, 15) is 9.59 Å². The Morgan fingerprint density at radius 1 is 1.63 bits per heavy atom. The average molecular weight is 297 g/mol. The second kappa shape index (κ2) is 5.89. The summed E-state index contributed by atoms with van der Waals surface area (Å²) in [4.78, 5) is 23.5. The number of H-pyrrole nitrogens is 1. The predicted octanol–water partition coefficient (Wildman–Crippen LogP) is 1.56. The summed E-state index contributed by atoms with van der Waals surface area (Å²) in [6, 6.07) is 3.80. The third kappa shape index (κ3) is 3.58. The van der Waals surface area contributed by atoms with Crippen LogP contribution in [0.4, 0.5) is 0 Å². The molecule has 2 heterocycles. The van der Waals surface area contributed by atoms with Gasteiger partial charge in [-0.15, -0.1) is 16.4 Å². The van der Waals surface area contributed by atoms with Crippen LogP contribution in [0, 0.1) is 0 Å². The second-order valence-electron chi connectivity index (χ2n) is 3.63. The lowest BCUT2D eigenvalue weighted by molar-refractivity contribution is -0.131. The highest BCUT2D eigenvalue weighted by atomic mass is 32.2. The minimum atomic E-state index is -0.962. The number of thioether (sulfide) groups is 1. The van der Waals surface area contributed by atoms with Crippen molar-refractivity contribution in [3.8, 4) is 0 Å². The normalized spacial score (nSPS) is 11.2. The maximum atomic E-state index is 11.2. The molecule has 2 aromatic heterocycles. The molecule has 2 aromatic rings. The van der Waals surface area contributed by atoms with E-state index in [4.69, 9.17) is 5.11 Å². The molecule has 0 bridgehead atoms. The van der Waals surface area contributed by atoms with Gasteiger partial charge in [0, 0.05) is 28.6 Å². The Labute approximate surface area is 116 Å². The van der Waals surface area contributed by atoms with Crippen molar-refractivity contribution in [1.29, 1.82) is 0 Å². The van der Waals surface area contributed by atoms with Crippen LogP contribution in [0.5, 0.6) is 0 Å². The van der Waals surface area contributed by atoms with Gasteiger partial charge in [0.2, 0.25) is 0 Å². The zero-order chi connectivity index (χ0) is 13.8. The summed E-state index contributed by atoms with van der Waals surface area (Å²) in [6.07, 6.45) is 2.67. The van der Waals surface area contributed by atoms with Gasteiger partial charge in [-0.2, -0.15) is 0 Å². The summed E-state index contributed by atoms with van der Waals surface area (Å²) in [6.45, 7) is 0. The second-order valence-corrected chi connectivity index (χ2v) is 5.78. The van der Waals surface area contributed by atoms with Crippen molar-refractivity contribution >= 4 is 35.1 Å². The molecular weight excluding hydrogens is 286 g/mol. The van der Waals surface area contributed by atoms with E-state index in [1.54, 1.807) is 13.1 Å². The van der Waals surface area contributed by atoms with Crippen molar-refractivity contribution in [3.05, 3.63) is 38.4 Å². The van der Waals surface area contributed by atoms with E-state index in [1.165, 1.54) is 27.7 Å². The van der Waals surface area contributed by atoms with Gasteiger partial charge in [0.1, 0.15) is 0 Å². The Bertz CT molecular complexity index is 669. The van der Waals surface area contributed by atoms with E-state index in [0.29, 0.717) is 10.9 Å². The topological polar surface area (TPSA) is 88.0 Å². The Kier molecular flexibility index (Phi) is 4.23. The number of nitrogens with zero attached hydrogens (tertiary/aromatic N) is 2. The fraction of sp³-hybridized carbons (Fsp3) is 0.182. The number of rotatable bonds is 5. The van der Waals surface area contributed by atoms with E-state index in [0.717, 1.165) is 15.8 Å². The highest BCUT2D eigenvalue weighted by Gasteiger charge is 2.06. The van der Waals surface area contributed by atoms with E-state index in [1.807, 2.05) is 12.1 Å². The van der Waals surface area contributed by atoms with Crippen molar-refractivity contribution in [2.24, 2.45) is 7.05 Å². The Morgan fingerprint density at radius 2 is 2.42 bits per heavy atom. The molecule has 0 aromatic carbocycles. The smallest absolute Gasteiger partial charge is 0.343 e. The molecule has 8 heteroatoms. The number of aromatic nitrogens is 3. The average Bonchev–Trinajstić information content (AvgIpc) is 2.94. The maximum Gasteiger partial charge on any atom is 0.343 e. The molecule has 2 rings (SSSR count). The third-order valence-corrected chi connectivity index (χ3v) is 4.57. The minimum absolute atomic E-state index is 0.237. The fourth-order valence-electron chi connectivity index (χ4n) is 1.31. The van der Waals surface area contributed by atoms with E-state index in [2.05, 4.69) is 10.2 Å². The Hall–Kier alpha value is -1.80. The van der Waals surface area contributed by atoms with Crippen molar-refractivity contribution in [3.63, 3.8) is 0 Å². The van der Waals surface area contributed by atoms with E-state index >= 15 is 0 Å². The number of aliphatic carboxylic acids is 1. The molecule has 0 aliphatic rings. The summed E-state index contributed by atoms with van der Waals surface area (Å²) >= 11 is 2.96. The molecule has 0 saturated heterocycles. The molecule has 0 fully saturated rings. The number of thiophene rings is 1. The van der Waals surface area contributed by atoms with Crippen LogP contribution in [0.25, 0.3) is 6.08 Å². The van der Waals surface area contributed by atoms with Crippen LogP contribution in [0.3, 0.4) is 0 Å². The first kappa shape index (κ1) is 13.6. The largest absolute Gasteiger partial charge is 0.478 e. The predicted molar refractivity (Wildman–Crippen MR) is 74.4 cm³/mol. The molecule has 100 valence electrons. The van der Waals surface area contributed by atoms with Crippen LogP contribution in [0.2, 0.25) is 0 Å². The molecule has 0 aliphatic heterocycles. The lowest BCUT2D eigenvalue weighted by atomic mass is 10.4. The number of carbonyl (C=O) groups is 1. The SMILES string of the molecule is Cn1c(SCc2ccc(C=CC(=O)O)s2)n[nH]c1=O. The summed E-state index contributed by atoms with van der Waals surface area (Å²) in [5.41, 5.74) is -0.237. The highest BCUT2D eigenvalue weighted by Crippen LogP contribution is 2.25. The van der Waals surface area contributed by atoms with Crippen molar-refractivity contribution < 1.29 is 9.90 Å². The first-order chi connectivity index (χ1) is 9.06. The van der Waals surface area contributed by atoms with Crippen LogP contribution in [0.1, 0.15) is 9.75 Å². The number of nitrogens with one attached hydrogen (secondary N) is 1. The summed E-state index contributed by atoms with van der Waals surface area (Å²) in [5, 5.41) is 15.4. The number of carboxylic acids is 1. The minimum Gasteiger partial charge on any atom is -0.478 e. The first-order valence-electron chi connectivity index (χ1n) is 5.30. The lowest BCUT2D eigenvalue weighted by Crippen LogP contribution is -2.12. The lowest BCUT2D eigenvalue weighted by Gasteiger charge is -1.96. The van der Waals surface area contributed by atoms with Gasteiger partial charge in [-0.1, -0.05) is 11.8 Å². The zero-order valence-electron chi connectivity index (χ0n) is 9.99. The molecule has 19 heavy (non-hydrogen) atoms. The quantitative estimate of drug-likeness (QED) is 0.646. The van der Waals surface area contributed by atoms with E-state index < -0.39 is 5.97 Å². The summed E-state index contributed by atoms with van der Waals surface area (Å²) in [7, 11) is 1.66. The van der Waals surface area contributed by atoms with Gasteiger partial charge in [0.25, 0.3) is 0 Å². The number of hydrogen-bond donors (Lipinski definition) is 2. The van der Waals surface area contributed by atoms with Crippen LogP contribution in [-0.4, -0.2) is 25.8 Å². The van der Waals surface area contributed by atoms with Crippen LogP contribution in [-0.2, 0) is 17.6 Å². The zero-order valence-corrected chi connectivity index (χ0v) is 11.6. The van der Waals surface area contributed by atoms with Gasteiger partial charge < -0.3 is 5.11 Å². The van der Waals surface area contributed by atoms with Crippen LogP contribution in [0.15, 0.2) is 28.2 Å². The molecule has 0 aliphatic carbocycles. The van der Waals surface area contributed by atoms with E-state index in [-0.39, 0.29) is 5.69 Å². The van der Waals surface area contributed by atoms with Gasteiger partial charge in [0.05, 0.1) is 0 Å². The first-order valence-corrected chi connectivity index (χ1v) is 7.10. The van der Waals surface area contributed by atoms with Gasteiger partial charge in [0.15, 0.2) is 5.16 Å². The summed E-state index contributed by atoms with van der Waals surface area (Å²) < 4.78 is 1.45. The molecule has 2 N–H and O–H groups in total. The third-order valence-electron chi connectivity index (χ3n) is 2.25. The molecule has 6 nitrogen and oxygen atoms in total. The summed E-state index contributed by atoms with van der Waals surface area (Å²) in [5.74, 6) is -0.278. The van der Waals surface area contributed by atoms with Crippen LogP contribution >= 0.6 is 23.1 Å². The Morgan fingerprint density at radius 3 is 3.05 bits per heavy atom. The molecule has 0 saturated carbocycles. The van der Waals surface area contributed by atoms with Gasteiger partial charge in [-0.3, -0.25) is 4.57 Å². The maximum absolute atomic E-state index is 11.2. The molecule has 0 radical (unpaired) electrons. The molecule has 0 amide bonds. The molecule has 0 atom stereocenters. The fourth-order valence-corrected chi connectivity index (χ4v) is 3.19. The van der Waals surface area contributed by atoms with Crippen LogP contribution < -0.4 is 5.69 Å². The molecule has 0 unspecified atom stereocenters. The monoisotopic (exact) mass is 297 g/mol. The van der Waals surface area contributed by atoms with Crippen molar-refractivity contribution in [2.45, 2.75) is 10.9 Å². The molecule has 0 spiro atoms. The highest BCUT2D eigenvalue weighted by molar-refractivity contribution is 7.98. The Balaban J connectivity index is 1.99. The number of carboxylic acid groups (broad SMARTS) is 1. The van der Waals surface area contributed by atoms with Crippen molar-refractivity contribution in [2.75, 3.05) is 0 Å². The number of hydrogen-bond acceptors (Lipinski definition) is 5. The molecular formula is C11H11N3O3S2. The van der Waals surface area contributed by atoms with Gasteiger partial charge in [-0.25, -0.2) is 14.7 Å². The van der Waals surface area contributed by atoms with Crippen molar-refractivity contribution in [1.82, 2.24) is 14.8 Å². The number of aromatic amines is 1.